The van der Waals surface area contributed by atoms with Crippen LogP contribution >= 0.6 is 11.8 Å². The first-order valence-corrected chi connectivity index (χ1v) is 6.74. The van der Waals surface area contributed by atoms with Crippen LogP contribution in [0.2, 0.25) is 0 Å². The molecule has 0 aliphatic rings. The molecule has 19 heavy (non-hydrogen) atoms. The minimum atomic E-state index is 0.323. The van der Waals surface area contributed by atoms with E-state index in [2.05, 4.69) is 25.1 Å². The summed E-state index contributed by atoms with van der Waals surface area (Å²) in [4.78, 5) is 13.2. The van der Waals surface area contributed by atoms with E-state index in [1.165, 1.54) is 11.8 Å². The van der Waals surface area contributed by atoms with Crippen LogP contribution in [0.3, 0.4) is 0 Å². The molecule has 0 unspecified atom stereocenters. The van der Waals surface area contributed by atoms with Gasteiger partial charge < -0.3 is 5.73 Å². The molecular formula is C12H12N6S. The number of H-pyrrole nitrogens is 1. The van der Waals surface area contributed by atoms with Crippen molar-refractivity contribution in [2.45, 2.75) is 17.8 Å². The maximum absolute atomic E-state index is 5.48. The summed E-state index contributed by atoms with van der Waals surface area (Å²) >= 11 is 1.48. The lowest BCUT2D eigenvalue weighted by atomic mass is 10.2. The van der Waals surface area contributed by atoms with Gasteiger partial charge in [-0.2, -0.15) is 4.98 Å². The SMILES string of the molecule is Cc1nc2ccccc2nc1CSc1n[nH]c(N)n1. The molecule has 0 aliphatic heterocycles. The van der Waals surface area contributed by atoms with Gasteiger partial charge in [-0.25, -0.2) is 15.1 Å². The first-order chi connectivity index (χ1) is 9.22. The summed E-state index contributed by atoms with van der Waals surface area (Å²) in [6, 6.07) is 7.84. The van der Waals surface area contributed by atoms with E-state index in [0.717, 1.165) is 22.4 Å². The summed E-state index contributed by atoms with van der Waals surface area (Å²) in [7, 11) is 0. The van der Waals surface area contributed by atoms with Crippen molar-refractivity contribution < 1.29 is 0 Å². The molecule has 6 nitrogen and oxygen atoms in total. The summed E-state index contributed by atoms with van der Waals surface area (Å²) in [5, 5.41) is 7.20. The van der Waals surface area contributed by atoms with Gasteiger partial charge in [-0.1, -0.05) is 23.9 Å². The Hall–Kier alpha value is -2.15. The largest absolute Gasteiger partial charge is 0.368 e. The Balaban J connectivity index is 1.86. The number of nitrogen functional groups attached to an aromatic ring is 1. The Morgan fingerprint density at radius 1 is 1.16 bits per heavy atom. The van der Waals surface area contributed by atoms with Gasteiger partial charge in [0.2, 0.25) is 11.1 Å². The highest BCUT2D eigenvalue weighted by molar-refractivity contribution is 7.98. The number of hydrogen-bond donors (Lipinski definition) is 2. The van der Waals surface area contributed by atoms with Crippen molar-refractivity contribution in [1.82, 2.24) is 25.1 Å². The molecular weight excluding hydrogens is 260 g/mol. The average Bonchev–Trinajstić information content (AvgIpc) is 2.82. The van der Waals surface area contributed by atoms with Crippen molar-refractivity contribution in [2.24, 2.45) is 0 Å². The number of nitrogens with one attached hydrogen (secondary N) is 1. The second kappa shape index (κ2) is 4.85. The fraction of sp³-hybridized carbons (Fsp3) is 0.167. The first kappa shape index (κ1) is 11.9. The number of nitrogens with two attached hydrogens (primary N) is 1. The molecule has 1 aromatic carbocycles. The van der Waals surface area contributed by atoms with Crippen LogP contribution in [0.4, 0.5) is 5.95 Å². The Bertz CT molecular complexity index is 723. The Kier molecular flexibility index (Phi) is 3.04. The van der Waals surface area contributed by atoms with E-state index in [-0.39, 0.29) is 0 Å². The van der Waals surface area contributed by atoms with Crippen LogP contribution in [0.15, 0.2) is 29.4 Å². The molecule has 0 atom stereocenters. The summed E-state index contributed by atoms with van der Waals surface area (Å²) < 4.78 is 0. The highest BCUT2D eigenvalue weighted by Gasteiger charge is 2.07. The zero-order valence-corrected chi connectivity index (χ0v) is 11.1. The van der Waals surface area contributed by atoms with Gasteiger partial charge in [0.25, 0.3) is 0 Å². The first-order valence-electron chi connectivity index (χ1n) is 5.75. The molecule has 3 N–H and O–H groups in total. The molecule has 0 bridgehead atoms. The topological polar surface area (TPSA) is 93.4 Å². The van der Waals surface area contributed by atoms with E-state index in [1.807, 2.05) is 31.2 Å². The van der Waals surface area contributed by atoms with E-state index in [4.69, 9.17) is 5.73 Å². The van der Waals surface area contributed by atoms with E-state index in [0.29, 0.717) is 16.9 Å². The predicted molar refractivity (Wildman–Crippen MR) is 74.6 cm³/mol. The van der Waals surface area contributed by atoms with Crippen molar-refractivity contribution >= 4 is 28.7 Å². The van der Waals surface area contributed by atoms with Crippen molar-refractivity contribution in [1.29, 1.82) is 0 Å². The van der Waals surface area contributed by atoms with Gasteiger partial charge in [0.1, 0.15) is 0 Å². The Morgan fingerprint density at radius 3 is 2.58 bits per heavy atom. The molecule has 2 heterocycles. The molecule has 0 amide bonds. The Morgan fingerprint density at radius 2 is 1.89 bits per heavy atom. The van der Waals surface area contributed by atoms with Crippen LogP contribution in [-0.4, -0.2) is 25.1 Å². The van der Waals surface area contributed by atoms with Gasteiger partial charge in [-0.3, -0.25) is 0 Å². The lowest BCUT2D eigenvalue weighted by Gasteiger charge is -2.04. The van der Waals surface area contributed by atoms with Crippen LogP contribution in [0.25, 0.3) is 11.0 Å². The molecule has 2 aromatic heterocycles. The molecule has 0 saturated heterocycles. The number of thioether (sulfide) groups is 1. The van der Waals surface area contributed by atoms with Crippen molar-refractivity contribution in [3.05, 3.63) is 35.7 Å². The van der Waals surface area contributed by atoms with Gasteiger partial charge in [-0.15, -0.1) is 5.10 Å². The Labute approximate surface area is 113 Å². The number of hydrogen-bond acceptors (Lipinski definition) is 6. The number of para-hydroxylation sites is 2. The number of benzene rings is 1. The van der Waals surface area contributed by atoms with Gasteiger partial charge in [0.15, 0.2) is 0 Å². The molecule has 0 fully saturated rings. The monoisotopic (exact) mass is 272 g/mol. The van der Waals surface area contributed by atoms with Gasteiger partial charge in [0, 0.05) is 5.75 Å². The zero-order chi connectivity index (χ0) is 13.2. The molecule has 3 aromatic rings. The molecule has 96 valence electrons. The fourth-order valence-electron chi connectivity index (χ4n) is 1.72. The van der Waals surface area contributed by atoms with Crippen molar-refractivity contribution in [2.75, 3.05) is 5.73 Å². The highest BCUT2D eigenvalue weighted by Crippen LogP contribution is 2.21. The van der Waals surface area contributed by atoms with Crippen LogP contribution < -0.4 is 5.73 Å². The number of fused-ring (bicyclic) bond motifs is 1. The lowest BCUT2D eigenvalue weighted by molar-refractivity contribution is 0.970. The van der Waals surface area contributed by atoms with Gasteiger partial charge in [0.05, 0.1) is 22.4 Å². The van der Waals surface area contributed by atoms with E-state index in [1.54, 1.807) is 0 Å². The maximum Gasteiger partial charge on any atom is 0.216 e. The standard InChI is InChI=1S/C12H12N6S/c1-7-10(6-19-12-16-11(13)17-18-12)15-9-5-3-2-4-8(9)14-7/h2-5H,6H2,1H3,(H3,13,16,17,18). The van der Waals surface area contributed by atoms with Gasteiger partial charge >= 0.3 is 0 Å². The van der Waals surface area contributed by atoms with Crippen molar-refractivity contribution in [3.8, 4) is 0 Å². The summed E-state index contributed by atoms with van der Waals surface area (Å²) in [6.45, 7) is 1.96. The smallest absolute Gasteiger partial charge is 0.216 e. The van der Waals surface area contributed by atoms with Gasteiger partial charge in [-0.05, 0) is 19.1 Å². The van der Waals surface area contributed by atoms with E-state index >= 15 is 0 Å². The van der Waals surface area contributed by atoms with Crippen molar-refractivity contribution in [3.63, 3.8) is 0 Å². The number of rotatable bonds is 3. The summed E-state index contributed by atoms with van der Waals surface area (Å²) in [5.41, 5.74) is 9.16. The lowest BCUT2D eigenvalue weighted by Crippen LogP contribution is -1.97. The number of aromatic nitrogens is 5. The molecule has 0 radical (unpaired) electrons. The molecule has 0 aliphatic carbocycles. The normalized spacial score (nSPS) is 11.0. The number of nitrogens with zero attached hydrogens (tertiary/aromatic N) is 4. The summed E-state index contributed by atoms with van der Waals surface area (Å²) in [5.74, 6) is 0.991. The summed E-state index contributed by atoms with van der Waals surface area (Å²) in [6.07, 6.45) is 0. The number of aromatic amines is 1. The second-order valence-electron chi connectivity index (χ2n) is 4.04. The minimum absolute atomic E-state index is 0.323. The van der Waals surface area contributed by atoms with Crippen LogP contribution in [0.1, 0.15) is 11.4 Å². The van der Waals surface area contributed by atoms with Crippen LogP contribution in [0.5, 0.6) is 0 Å². The van der Waals surface area contributed by atoms with Crippen LogP contribution in [-0.2, 0) is 5.75 Å². The minimum Gasteiger partial charge on any atom is -0.368 e. The molecule has 0 spiro atoms. The zero-order valence-electron chi connectivity index (χ0n) is 10.3. The molecule has 7 heteroatoms. The molecule has 0 saturated carbocycles. The fourth-order valence-corrected chi connectivity index (χ4v) is 2.53. The predicted octanol–water partition coefficient (Wildman–Crippen LogP) is 1.93. The number of aryl methyl sites for hydroxylation is 1. The quantitative estimate of drug-likeness (QED) is 0.708. The third kappa shape index (κ3) is 2.50. The van der Waals surface area contributed by atoms with E-state index < -0.39 is 0 Å². The maximum atomic E-state index is 5.48. The van der Waals surface area contributed by atoms with E-state index in [9.17, 15) is 0 Å². The third-order valence-electron chi connectivity index (χ3n) is 2.66. The van der Waals surface area contributed by atoms with Crippen LogP contribution in [0, 0.1) is 6.92 Å². The second-order valence-corrected chi connectivity index (χ2v) is 4.98. The average molecular weight is 272 g/mol. The molecule has 3 rings (SSSR count). The highest BCUT2D eigenvalue weighted by atomic mass is 32.2. The third-order valence-corrected chi connectivity index (χ3v) is 3.52. The number of anilines is 1.